The number of carbonyl (C=O) groups excluding carboxylic acids is 2. The normalized spacial score (nSPS) is 10.3. The summed E-state index contributed by atoms with van der Waals surface area (Å²) in [6, 6.07) is 21.1. The Balaban J connectivity index is 1.44. The predicted molar refractivity (Wildman–Crippen MR) is 109 cm³/mol. The second kappa shape index (κ2) is 9.71. The monoisotopic (exact) mass is 395 g/mol. The number of nitrogens with one attached hydrogen (secondary N) is 1. The minimum Gasteiger partial charge on any atom is -0.489 e. The Hall–Kier alpha value is -3.12. The van der Waals surface area contributed by atoms with Crippen LogP contribution in [0.25, 0.3) is 0 Å². The molecule has 0 saturated carbocycles. The Morgan fingerprint density at radius 3 is 2.32 bits per heavy atom. The summed E-state index contributed by atoms with van der Waals surface area (Å²) in [5.41, 5.74) is 2.23. The fraction of sp³-hybridized carbons (Fsp3) is 0.182. The molecule has 1 amide bonds. The summed E-state index contributed by atoms with van der Waals surface area (Å²) in [5.74, 6) is 0.187. The fourth-order valence-electron chi connectivity index (χ4n) is 2.57. The van der Waals surface area contributed by atoms with Crippen LogP contribution in [0.1, 0.15) is 30.5 Å². The third kappa shape index (κ3) is 5.44. The summed E-state index contributed by atoms with van der Waals surface area (Å²) in [4.78, 5) is 24.5. The Morgan fingerprint density at radius 2 is 1.61 bits per heavy atom. The summed E-state index contributed by atoms with van der Waals surface area (Å²) in [7, 11) is 1.32. The highest BCUT2D eigenvalue weighted by Crippen LogP contribution is 2.17. The highest BCUT2D eigenvalue weighted by Gasteiger charge is 2.13. The van der Waals surface area contributed by atoms with Crippen molar-refractivity contribution in [3.63, 3.8) is 0 Å². The molecule has 1 aromatic heterocycles. The van der Waals surface area contributed by atoms with Gasteiger partial charge in [-0.1, -0.05) is 42.5 Å². The number of methoxy groups -OCH3 is 1. The number of thiophene rings is 1. The number of rotatable bonds is 8. The van der Waals surface area contributed by atoms with Crippen molar-refractivity contribution in [3.05, 3.63) is 87.6 Å². The molecule has 28 heavy (non-hydrogen) atoms. The van der Waals surface area contributed by atoms with Gasteiger partial charge < -0.3 is 14.8 Å². The molecule has 1 N–H and O–H groups in total. The zero-order valence-electron chi connectivity index (χ0n) is 15.5. The van der Waals surface area contributed by atoms with Gasteiger partial charge in [-0.2, -0.15) is 0 Å². The van der Waals surface area contributed by atoms with E-state index >= 15 is 0 Å². The first-order valence-corrected chi connectivity index (χ1v) is 9.69. The van der Waals surface area contributed by atoms with Gasteiger partial charge in [0.25, 0.3) is 5.91 Å². The molecule has 0 aliphatic carbocycles. The Bertz CT molecular complexity index is 919. The molecular weight excluding hydrogens is 374 g/mol. The third-order valence-electron chi connectivity index (χ3n) is 4.09. The lowest BCUT2D eigenvalue weighted by Gasteiger charge is -2.08. The second-order valence-electron chi connectivity index (χ2n) is 6.08. The zero-order valence-corrected chi connectivity index (χ0v) is 16.3. The zero-order chi connectivity index (χ0) is 19.8. The van der Waals surface area contributed by atoms with Gasteiger partial charge in [-0.25, -0.2) is 4.79 Å². The van der Waals surface area contributed by atoms with Gasteiger partial charge in [-0.15, -0.1) is 11.3 Å². The van der Waals surface area contributed by atoms with Crippen LogP contribution >= 0.6 is 11.3 Å². The molecule has 0 saturated heterocycles. The first-order chi connectivity index (χ1) is 13.7. The summed E-state index contributed by atoms with van der Waals surface area (Å²) in [5, 5.41) is 2.87. The largest absolute Gasteiger partial charge is 0.489 e. The smallest absolute Gasteiger partial charge is 0.348 e. The average molecular weight is 395 g/mol. The fourth-order valence-corrected chi connectivity index (χ4v) is 3.41. The molecule has 0 bridgehead atoms. The molecule has 144 valence electrons. The molecule has 0 atom stereocenters. The van der Waals surface area contributed by atoms with E-state index in [1.807, 2.05) is 54.6 Å². The van der Waals surface area contributed by atoms with Gasteiger partial charge in [0.1, 0.15) is 17.2 Å². The number of hydrogen-bond acceptors (Lipinski definition) is 5. The lowest BCUT2D eigenvalue weighted by Crippen LogP contribution is -2.24. The molecule has 0 fully saturated rings. The standard InChI is InChI=1S/C22H21NO4S/c1-26-22(25)20-12-11-19(28-20)21(24)23-14-13-16-7-9-18(10-8-16)27-15-17-5-3-2-4-6-17/h2-12H,13-15H2,1H3,(H,23,24). The van der Waals surface area contributed by atoms with Crippen molar-refractivity contribution in [2.75, 3.05) is 13.7 Å². The van der Waals surface area contributed by atoms with Crippen molar-refractivity contribution in [1.82, 2.24) is 5.32 Å². The molecule has 1 heterocycles. The minimum atomic E-state index is -0.432. The highest BCUT2D eigenvalue weighted by atomic mass is 32.1. The van der Waals surface area contributed by atoms with Gasteiger partial charge in [0.2, 0.25) is 0 Å². The molecule has 3 rings (SSSR count). The van der Waals surface area contributed by atoms with Gasteiger partial charge in [-0.3, -0.25) is 4.79 Å². The summed E-state index contributed by atoms with van der Waals surface area (Å²) in [6.45, 7) is 1.04. The number of esters is 1. The molecule has 6 heteroatoms. The van der Waals surface area contributed by atoms with Crippen LogP contribution in [0.4, 0.5) is 0 Å². The summed E-state index contributed by atoms with van der Waals surface area (Å²) < 4.78 is 10.4. The minimum absolute atomic E-state index is 0.192. The van der Waals surface area contributed by atoms with E-state index in [2.05, 4.69) is 10.1 Å². The van der Waals surface area contributed by atoms with E-state index in [1.165, 1.54) is 7.11 Å². The molecule has 2 aromatic carbocycles. The number of ether oxygens (including phenoxy) is 2. The van der Waals surface area contributed by atoms with E-state index in [4.69, 9.17) is 4.74 Å². The summed E-state index contributed by atoms with van der Waals surface area (Å²) in [6.07, 6.45) is 0.708. The maximum atomic E-state index is 12.2. The van der Waals surface area contributed by atoms with E-state index in [0.29, 0.717) is 29.3 Å². The molecule has 0 spiro atoms. The van der Waals surface area contributed by atoms with Crippen LogP contribution < -0.4 is 10.1 Å². The third-order valence-corrected chi connectivity index (χ3v) is 5.15. The number of hydrogen-bond donors (Lipinski definition) is 1. The van der Waals surface area contributed by atoms with Crippen LogP contribution in [0.2, 0.25) is 0 Å². The van der Waals surface area contributed by atoms with Crippen molar-refractivity contribution >= 4 is 23.2 Å². The SMILES string of the molecule is COC(=O)c1ccc(C(=O)NCCc2ccc(OCc3ccccc3)cc2)s1. The summed E-state index contributed by atoms with van der Waals surface area (Å²) >= 11 is 1.12. The lowest BCUT2D eigenvalue weighted by molar-refractivity contribution is 0.0606. The molecule has 0 radical (unpaired) electrons. The van der Waals surface area contributed by atoms with Gasteiger partial charge >= 0.3 is 5.97 Å². The van der Waals surface area contributed by atoms with Crippen LogP contribution in [0.5, 0.6) is 5.75 Å². The van der Waals surface area contributed by atoms with E-state index in [0.717, 1.165) is 28.2 Å². The van der Waals surface area contributed by atoms with Crippen molar-refractivity contribution in [2.45, 2.75) is 13.0 Å². The quantitative estimate of drug-likeness (QED) is 0.584. The van der Waals surface area contributed by atoms with Gasteiger partial charge in [0, 0.05) is 6.54 Å². The van der Waals surface area contributed by atoms with E-state index in [1.54, 1.807) is 12.1 Å². The number of amides is 1. The van der Waals surface area contributed by atoms with Gasteiger partial charge in [-0.05, 0) is 41.8 Å². The number of carbonyl (C=O) groups is 2. The molecular formula is C22H21NO4S. The van der Waals surface area contributed by atoms with Gasteiger partial charge in [0.15, 0.2) is 0 Å². The number of benzene rings is 2. The molecule has 3 aromatic rings. The van der Waals surface area contributed by atoms with Crippen molar-refractivity contribution in [1.29, 1.82) is 0 Å². The van der Waals surface area contributed by atoms with Crippen molar-refractivity contribution in [2.24, 2.45) is 0 Å². The second-order valence-corrected chi connectivity index (χ2v) is 7.16. The van der Waals surface area contributed by atoms with Crippen LogP contribution in [-0.2, 0) is 17.8 Å². The van der Waals surface area contributed by atoms with E-state index < -0.39 is 5.97 Å². The van der Waals surface area contributed by atoms with Crippen LogP contribution in [0.3, 0.4) is 0 Å². The van der Waals surface area contributed by atoms with E-state index in [-0.39, 0.29) is 5.91 Å². The Kier molecular flexibility index (Phi) is 6.81. The average Bonchev–Trinajstić information content (AvgIpc) is 3.24. The highest BCUT2D eigenvalue weighted by molar-refractivity contribution is 7.15. The maximum Gasteiger partial charge on any atom is 0.348 e. The lowest BCUT2D eigenvalue weighted by atomic mass is 10.1. The van der Waals surface area contributed by atoms with Crippen molar-refractivity contribution < 1.29 is 19.1 Å². The topological polar surface area (TPSA) is 64.6 Å². The first-order valence-electron chi connectivity index (χ1n) is 8.88. The molecule has 0 unspecified atom stereocenters. The van der Waals surface area contributed by atoms with Crippen LogP contribution in [-0.4, -0.2) is 25.5 Å². The maximum absolute atomic E-state index is 12.2. The van der Waals surface area contributed by atoms with Crippen LogP contribution in [0.15, 0.2) is 66.7 Å². The Labute approximate surface area is 167 Å². The van der Waals surface area contributed by atoms with E-state index in [9.17, 15) is 9.59 Å². The van der Waals surface area contributed by atoms with Crippen LogP contribution in [0, 0.1) is 0 Å². The van der Waals surface area contributed by atoms with Crippen molar-refractivity contribution in [3.8, 4) is 5.75 Å². The predicted octanol–water partition coefficient (Wildman–Crippen LogP) is 4.09. The Morgan fingerprint density at radius 1 is 0.893 bits per heavy atom. The molecule has 5 nitrogen and oxygen atoms in total. The molecule has 0 aliphatic heterocycles. The van der Waals surface area contributed by atoms with Gasteiger partial charge in [0.05, 0.1) is 12.0 Å². The molecule has 0 aliphatic rings. The first kappa shape index (κ1) is 19.6.